The molecule has 0 aliphatic rings. The molecule has 2 aromatic heterocycles. The van der Waals surface area contributed by atoms with Crippen LogP contribution in [0.1, 0.15) is 41.7 Å². The average Bonchev–Trinajstić information content (AvgIpc) is 2.99. The maximum absolute atomic E-state index is 12.0. The molecule has 1 N–H and O–H groups in total. The first-order chi connectivity index (χ1) is 9.20. The molecule has 0 fully saturated rings. The number of aryl methyl sites for hydroxylation is 2. The number of nitrogens with one attached hydrogen (secondary N) is 1. The quantitative estimate of drug-likeness (QED) is 0.827. The van der Waals surface area contributed by atoms with E-state index in [-0.39, 0.29) is 5.91 Å². The molecule has 0 atom stereocenters. The smallest absolute Gasteiger partial charge is 0.274 e. The SMILES string of the molecule is CCCCCc1nnc(NC(=O)c2cccn2C)s1. The summed E-state index contributed by atoms with van der Waals surface area (Å²) in [5.74, 6) is -0.149. The number of amides is 1. The molecule has 0 saturated heterocycles. The van der Waals surface area contributed by atoms with Crippen LogP contribution in [0.3, 0.4) is 0 Å². The van der Waals surface area contributed by atoms with Gasteiger partial charge in [-0.2, -0.15) is 0 Å². The highest BCUT2D eigenvalue weighted by atomic mass is 32.1. The molecule has 102 valence electrons. The van der Waals surface area contributed by atoms with Gasteiger partial charge in [0.2, 0.25) is 5.13 Å². The highest BCUT2D eigenvalue weighted by Crippen LogP contribution is 2.18. The van der Waals surface area contributed by atoms with Crippen molar-refractivity contribution in [3.63, 3.8) is 0 Å². The minimum Gasteiger partial charge on any atom is -0.347 e. The third kappa shape index (κ3) is 3.64. The lowest BCUT2D eigenvalue weighted by Crippen LogP contribution is -2.15. The van der Waals surface area contributed by atoms with Gasteiger partial charge in [-0.25, -0.2) is 0 Å². The number of anilines is 1. The van der Waals surface area contributed by atoms with Crippen molar-refractivity contribution in [2.45, 2.75) is 32.6 Å². The van der Waals surface area contributed by atoms with Crippen molar-refractivity contribution in [1.82, 2.24) is 14.8 Å². The monoisotopic (exact) mass is 278 g/mol. The minimum absolute atomic E-state index is 0.149. The molecule has 0 aliphatic heterocycles. The zero-order valence-electron chi connectivity index (χ0n) is 11.2. The molecule has 0 saturated carbocycles. The van der Waals surface area contributed by atoms with Gasteiger partial charge in [-0.05, 0) is 18.6 Å². The number of carbonyl (C=O) groups excluding carboxylic acids is 1. The van der Waals surface area contributed by atoms with Gasteiger partial charge in [-0.3, -0.25) is 10.1 Å². The topological polar surface area (TPSA) is 59.8 Å². The second-order valence-corrected chi connectivity index (χ2v) is 5.48. The van der Waals surface area contributed by atoms with Gasteiger partial charge in [0.1, 0.15) is 10.7 Å². The largest absolute Gasteiger partial charge is 0.347 e. The van der Waals surface area contributed by atoms with E-state index in [1.165, 1.54) is 24.2 Å². The van der Waals surface area contributed by atoms with Crippen molar-refractivity contribution < 1.29 is 4.79 Å². The second-order valence-electron chi connectivity index (χ2n) is 4.42. The fraction of sp³-hybridized carbons (Fsp3) is 0.462. The summed E-state index contributed by atoms with van der Waals surface area (Å²) in [5.41, 5.74) is 0.614. The summed E-state index contributed by atoms with van der Waals surface area (Å²) in [5, 5.41) is 12.4. The van der Waals surface area contributed by atoms with Crippen molar-refractivity contribution in [3.05, 3.63) is 29.0 Å². The van der Waals surface area contributed by atoms with Crippen molar-refractivity contribution in [1.29, 1.82) is 0 Å². The Morgan fingerprint density at radius 2 is 2.26 bits per heavy atom. The van der Waals surface area contributed by atoms with Gasteiger partial charge in [0.25, 0.3) is 5.91 Å². The van der Waals surface area contributed by atoms with E-state index in [9.17, 15) is 4.79 Å². The number of aromatic nitrogens is 3. The van der Waals surface area contributed by atoms with Gasteiger partial charge >= 0.3 is 0 Å². The number of rotatable bonds is 6. The third-order valence-electron chi connectivity index (χ3n) is 2.86. The standard InChI is InChI=1S/C13H18N4OS/c1-3-4-5-8-11-15-16-13(19-11)14-12(18)10-7-6-9-17(10)2/h6-7,9H,3-5,8H2,1-2H3,(H,14,16,18). The molecule has 0 aromatic carbocycles. The van der Waals surface area contributed by atoms with Crippen LogP contribution in [0.2, 0.25) is 0 Å². The number of hydrogen-bond acceptors (Lipinski definition) is 4. The predicted molar refractivity (Wildman–Crippen MR) is 76.5 cm³/mol. The van der Waals surface area contributed by atoms with Crippen molar-refractivity contribution in [3.8, 4) is 0 Å². The van der Waals surface area contributed by atoms with Gasteiger partial charge in [-0.1, -0.05) is 31.1 Å². The molecule has 5 nitrogen and oxygen atoms in total. The van der Waals surface area contributed by atoms with E-state index in [4.69, 9.17) is 0 Å². The van der Waals surface area contributed by atoms with E-state index in [0.717, 1.165) is 17.8 Å². The predicted octanol–water partition coefficient (Wildman–Crippen LogP) is 2.86. The van der Waals surface area contributed by atoms with Crippen LogP contribution in [0.25, 0.3) is 0 Å². The molecule has 0 aliphatic carbocycles. The zero-order chi connectivity index (χ0) is 13.7. The minimum atomic E-state index is -0.149. The molecule has 2 heterocycles. The Labute approximate surface area is 116 Å². The lowest BCUT2D eigenvalue weighted by molar-refractivity contribution is 0.101. The maximum Gasteiger partial charge on any atom is 0.274 e. The second kappa shape index (κ2) is 6.47. The number of unbranched alkanes of at least 4 members (excludes halogenated alkanes) is 2. The molecule has 0 spiro atoms. The summed E-state index contributed by atoms with van der Waals surface area (Å²) in [6.07, 6.45) is 6.29. The Bertz CT molecular complexity index is 546. The van der Waals surface area contributed by atoms with Crippen molar-refractivity contribution >= 4 is 22.4 Å². The van der Waals surface area contributed by atoms with E-state index in [1.54, 1.807) is 10.6 Å². The summed E-state index contributed by atoms with van der Waals surface area (Å²) in [6.45, 7) is 2.17. The van der Waals surface area contributed by atoms with Gasteiger partial charge in [0.05, 0.1) is 0 Å². The fourth-order valence-electron chi connectivity index (χ4n) is 1.79. The van der Waals surface area contributed by atoms with E-state index >= 15 is 0 Å². The summed E-state index contributed by atoms with van der Waals surface area (Å²) >= 11 is 1.45. The molecular formula is C13H18N4OS. The zero-order valence-corrected chi connectivity index (χ0v) is 12.0. The normalized spacial score (nSPS) is 10.6. The number of nitrogens with zero attached hydrogens (tertiary/aromatic N) is 3. The third-order valence-corrected chi connectivity index (χ3v) is 3.76. The van der Waals surface area contributed by atoms with Crippen molar-refractivity contribution in [2.75, 3.05) is 5.32 Å². The highest BCUT2D eigenvalue weighted by molar-refractivity contribution is 7.15. The molecule has 2 rings (SSSR count). The van der Waals surface area contributed by atoms with Crippen molar-refractivity contribution in [2.24, 2.45) is 7.05 Å². The van der Waals surface area contributed by atoms with Crippen LogP contribution >= 0.6 is 11.3 Å². The Kier molecular flexibility index (Phi) is 4.68. The van der Waals surface area contributed by atoms with Crippen LogP contribution in [0.5, 0.6) is 0 Å². The Morgan fingerprint density at radius 1 is 1.42 bits per heavy atom. The Hall–Kier alpha value is -1.69. The first-order valence-corrected chi connectivity index (χ1v) is 7.27. The summed E-state index contributed by atoms with van der Waals surface area (Å²) in [4.78, 5) is 12.0. The summed E-state index contributed by atoms with van der Waals surface area (Å²) in [6, 6.07) is 3.61. The Balaban J connectivity index is 1.93. The molecule has 0 bridgehead atoms. The summed E-state index contributed by atoms with van der Waals surface area (Å²) < 4.78 is 1.78. The molecular weight excluding hydrogens is 260 g/mol. The fourth-order valence-corrected chi connectivity index (χ4v) is 2.57. The van der Waals surface area contributed by atoms with Crippen LogP contribution in [0.15, 0.2) is 18.3 Å². The lowest BCUT2D eigenvalue weighted by Gasteiger charge is -2.01. The molecule has 19 heavy (non-hydrogen) atoms. The van der Waals surface area contributed by atoms with E-state index in [2.05, 4.69) is 22.4 Å². The number of hydrogen-bond donors (Lipinski definition) is 1. The molecule has 6 heteroatoms. The van der Waals surface area contributed by atoms with E-state index < -0.39 is 0 Å². The molecule has 0 radical (unpaired) electrons. The summed E-state index contributed by atoms with van der Waals surface area (Å²) in [7, 11) is 1.84. The highest BCUT2D eigenvalue weighted by Gasteiger charge is 2.12. The average molecular weight is 278 g/mol. The van der Waals surface area contributed by atoms with E-state index in [1.807, 2.05) is 19.3 Å². The van der Waals surface area contributed by atoms with Gasteiger partial charge < -0.3 is 4.57 Å². The molecule has 1 amide bonds. The van der Waals surface area contributed by atoms with Gasteiger partial charge in [-0.15, -0.1) is 10.2 Å². The van der Waals surface area contributed by atoms with Crippen LogP contribution in [-0.2, 0) is 13.5 Å². The molecule has 0 unspecified atom stereocenters. The lowest BCUT2D eigenvalue weighted by atomic mass is 10.2. The van der Waals surface area contributed by atoms with E-state index in [0.29, 0.717) is 10.8 Å². The maximum atomic E-state index is 12.0. The van der Waals surface area contributed by atoms with Gasteiger partial charge in [0.15, 0.2) is 0 Å². The van der Waals surface area contributed by atoms with Crippen LogP contribution < -0.4 is 5.32 Å². The Morgan fingerprint density at radius 3 is 2.95 bits per heavy atom. The first-order valence-electron chi connectivity index (χ1n) is 6.45. The van der Waals surface area contributed by atoms with Crippen LogP contribution in [0.4, 0.5) is 5.13 Å². The number of carbonyl (C=O) groups is 1. The van der Waals surface area contributed by atoms with Gasteiger partial charge in [0, 0.05) is 19.7 Å². The molecule has 2 aromatic rings. The first kappa shape index (κ1) is 13.7. The van der Waals surface area contributed by atoms with Crippen LogP contribution in [0, 0.1) is 0 Å². The van der Waals surface area contributed by atoms with Crippen LogP contribution in [-0.4, -0.2) is 20.7 Å².